The third-order valence-corrected chi connectivity index (χ3v) is 5.91. The minimum atomic E-state index is -3.66. The van der Waals surface area contributed by atoms with E-state index in [1.54, 1.807) is 48.5 Å². The fourth-order valence-electron chi connectivity index (χ4n) is 3.07. The van der Waals surface area contributed by atoms with Crippen LogP contribution in [0.1, 0.15) is 37.4 Å². The molecule has 1 aromatic heterocycles. The van der Waals surface area contributed by atoms with Crippen molar-refractivity contribution in [1.29, 1.82) is 0 Å². The molecule has 1 aliphatic heterocycles. The van der Waals surface area contributed by atoms with E-state index in [0.717, 1.165) is 29.7 Å². The molecule has 25 heavy (non-hydrogen) atoms. The van der Waals surface area contributed by atoms with Crippen LogP contribution in [0.25, 0.3) is 0 Å². The van der Waals surface area contributed by atoms with Crippen molar-refractivity contribution in [2.24, 2.45) is 0 Å². The minimum Gasteiger partial charge on any atom is -0.312 e. The first kappa shape index (κ1) is 17.6. The van der Waals surface area contributed by atoms with Crippen LogP contribution < -0.4 is 9.62 Å². The highest BCUT2D eigenvalue weighted by atomic mass is 32.2. The molecule has 1 atom stereocenters. The summed E-state index contributed by atoms with van der Waals surface area (Å²) in [6.07, 6.45) is 4.88. The first-order valence-corrected chi connectivity index (χ1v) is 9.70. The Morgan fingerprint density at radius 2 is 2.12 bits per heavy atom. The van der Waals surface area contributed by atoms with Crippen molar-refractivity contribution in [2.45, 2.75) is 37.6 Å². The van der Waals surface area contributed by atoms with Crippen LogP contribution in [0.4, 0.5) is 5.69 Å². The Morgan fingerprint density at radius 3 is 2.80 bits per heavy atom. The lowest BCUT2D eigenvalue weighted by molar-refractivity contribution is -0.116. The number of pyridine rings is 1. The number of fused-ring (bicyclic) bond motifs is 1. The van der Waals surface area contributed by atoms with Crippen molar-refractivity contribution in [2.75, 3.05) is 11.4 Å². The van der Waals surface area contributed by atoms with Crippen molar-refractivity contribution in [3.05, 3.63) is 53.9 Å². The summed E-state index contributed by atoms with van der Waals surface area (Å²) in [6, 6.07) is 8.16. The molecule has 0 spiro atoms. The van der Waals surface area contributed by atoms with Gasteiger partial charge in [0.1, 0.15) is 0 Å². The third kappa shape index (κ3) is 3.72. The lowest BCUT2D eigenvalue weighted by Gasteiger charge is -2.29. The monoisotopic (exact) mass is 359 g/mol. The number of nitrogens with zero attached hydrogens (tertiary/aromatic N) is 2. The number of aromatic nitrogens is 1. The van der Waals surface area contributed by atoms with Crippen LogP contribution in [-0.4, -0.2) is 25.9 Å². The van der Waals surface area contributed by atoms with Gasteiger partial charge >= 0.3 is 0 Å². The summed E-state index contributed by atoms with van der Waals surface area (Å²) in [5.74, 6) is -0.0279. The lowest BCUT2D eigenvalue weighted by Crippen LogP contribution is -2.34. The second kappa shape index (κ2) is 6.93. The molecule has 0 radical (unpaired) electrons. The SMILES string of the molecule is CC(=O)N1CCCc2cc(S(=O)(=O)NC(C)c3cccnc3)ccc21. The molecule has 0 saturated carbocycles. The molecular weight excluding hydrogens is 338 g/mol. The fourth-order valence-corrected chi connectivity index (χ4v) is 4.35. The number of rotatable bonds is 4. The summed E-state index contributed by atoms with van der Waals surface area (Å²) in [6.45, 7) is 3.98. The lowest BCUT2D eigenvalue weighted by atomic mass is 10.0. The van der Waals surface area contributed by atoms with E-state index in [-0.39, 0.29) is 16.8 Å². The molecule has 0 bridgehead atoms. The summed E-state index contributed by atoms with van der Waals surface area (Å²) in [4.78, 5) is 17.7. The van der Waals surface area contributed by atoms with Crippen molar-refractivity contribution >= 4 is 21.6 Å². The molecule has 1 unspecified atom stereocenters. The Morgan fingerprint density at radius 1 is 1.32 bits per heavy atom. The molecule has 2 aromatic rings. The van der Waals surface area contributed by atoms with Gasteiger partial charge in [-0.2, -0.15) is 0 Å². The van der Waals surface area contributed by atoms with Crippen LogP contribution in [0.5, 0.6) is 0 Å². The fraction of sp³-hybridized carbons (Fsp3) is 0.333. The van der Waals surface area contributed by atoms with Gasteiger partial charge in [-0.25, -0.2) is 13.1 Å². The van der Waals surface area contributed by atoms with Crippen LogP contribution in [0, 0.1) is 0 Å². The second-order valence-electron chi connectivity index (χ2n) is 6.19. The van der Waals surface area contributed by atoms with Gasteiger partial charge in [-0.05, 0) is 55.2 Å². The van der Waals surface area contributed by atoms with E-state index in [9.17, 15) is 13.2 Å². The highest BCUT2D eigenvalue weighted by molar-refractivity contribution is 7.89. The number of hydrogen-bond acceptors (Lipinski definition) is 4. The highest BCUT2D eigenvalue weighted by Gasteiger charge is 2.24. The van der Waals surface area contributed by atoms with Crippen LogP contribution >= 0.6 is 0 Å². The first-order valence-electron chi connectivity index (χ1n) is 8.22. The summed E-state index contributed by atoms with van der Waals surface area (Å²) in [5, 5.41) is 0. The van der Waals surface area contributed by atoms with E-state index >= 15 is 0 Å². The first-order chi connectivity index (χ1) is 11.9. The number of hydrogen-bond donors (Lipinski definition) is 1. The molecule has 132 valence electrons. The normalized spacial score (nSPS) is 15.5. The number of aryl methyl sites for hydroxylation is 1. The van der Waals surface area contributed by atoms with E-state index in [2.05, 4.69) is 9.71 Å². The number of carbonyl (C=O) groups is 1. The van der Waals surface area contributed by atoms with E-state index in [1.807, 2.05) is 6.07 Å². The molecule has 0 saturated heterocycles. The van der Waals surface area contributed by atoms with Gasteiger partial charge in [-0.15, -0.1) is 0 Å². The summed E-state index contributed by atoms with van der Waals surface area (Å²) in [7, 11) is -3.66. The largest absolute Gasteiger partial charge is 0.312 e. The smallest absolute Gasteiger partial charge is 0.241 e. The minimum absolute atomic E-state index is 0.0279. The molecule has 1 aliphatic rings. The molecule has 1 N–H and O–H groups in total. The van der Waals surface area contributed by atoms with Gasteiger partial charge in [-0.3, -0.25) is 9.78 Å². The molecule has 3 rings (SSSR count). The maximum absolute atomic E-state index is 12.7. The number of anilines is 1. The van der Waals surface area contributed by atoms with E-state index in [4.69, 9.17) is 0 Å². The average Bonchev–Trinajstić information content (AvgIpc) is 2.61. The Balaban J connectivity index is 1.87. The quantitative estimate of drug-likeness (QED) is 0.909. The Kier molecular flexibility index (Phi) is 4.87. The molecule has 1 aromatic carbocycles. The van der Waals surface area contributed by atoms with Gasteiger partial charge in [0.2, 0.25) is 15.9 Å². The molecule has 7 heteroatoms. The molecule has 0 fully saturated rings. The number of carbonyl (C=O) groups excluding carboxylic acids is 1. The number of sulfonamides is 1. The van der Waals surface area contributed by atoms with Crippen molar-refractivity contribution in [1.82, 2.24) is 9.71 Å². The van der Waals surface area contributed by atoms with Crippen molar-refractivity contribution in [3.8, 4) is 0 Å². The van der Waals surface area contributed by atoms with Gasteiger partial charge in [0.15, 0.2) is 0 Å². The predicted octanol–water partition coefficient (Wildman–Crippen LogP) is 2.42. The van der Waals surface area contributed by atoms with Crippen LogP contribution in [0.2, 0.25) is 0 Å². The van der Waals surface area contributed by atoms with E-state index in [0.29, 0.717) is 6.54 Å². The van der Waals surface area contributed by atoms with Gasteiger partial charge in [0.05, 0.1) is 4.90 Å². The van der Waals surface area contributed by atoms with Crippen LogP contribution in [-0.2, 0) is 21.2 Å². The molecule has 2 heterocycles. The topological polar surface area (TPSA) is 79.4 Å². The highest BCUT2D eigenvalue weighted by Crippen LogP contribution is 2.30. The van der Waals surface area contributed by atoms with Gasteiger partial charge in [0.25, 0.3) is 0 Å². The second-order valence-corrected chi connectivity index (χ2v) is 7.91. The zero-order valence-corrected chi connectivity index (χ0v) is 15.1. The summed E-state index contributed by atoms with van der Waals surface area (Å²) < 4.78 is 28.1. The zero-order valence-electron chi connectivity index (χ0n) is 14.3. The van der Waals surface area contributed by atoms with Gasteiger partial charge in [0, 0.05) is 37.6 Å². The number of nitrogens with one attached hydrogen (secondary N) is 1. The maximum atomic E-state index is 12.7. The molecule has 1 amide bonds. The predicted molar refractivity (Wildman–Crippen MR) is 95.8 cm³/mol. The third-order valence-electron chi connectivity index (χ3n) is 4.38. The number of amides is 1. The Hall–Kier alpha value is -2.25. The summed E-state index contributed by atoms with van der Waals surface area (Å²) in [5.41, 5.74) is 2.49. The van der Waals surface area contributed by atoms with Gasteiger partial charge in [-0.1, -0.05) is 6.07 Å². The standard InChI is InChI=1S/C18H21N3O3S/c1-13(16-5-3-9-19-12-16)20-25(23,24)17-7-8-18-15(11-17)6-4-10-21(18)14(2)22/h3,5,7-9,11-13,20H,4,6,10H2,1-2H3. The zero-order chi connectivity index (χ0) is 18.0. The van der Waals surface area contributed by atoms with Crippen molar-refractivity contribution in [3.63, 3.8) is 0 Å². The van der Waals surface area contributed by atoms with Crippen LogP contribution in [0.15, 0.2) is 47.6 Å². The molecule has 6 nitrogen and oxygen atoms in total. The van der Waals surface area contributed by atoms with E-state index < -0.39 is 10.0 Å². The Labute approximate surface area is 147 Å². The summed E-state index contributed by atoms with van der Waals surface area (Å²) >= 11 is 0. The van der Waals surface area contributed by atoms with Gasteiger partial charge < -0.3 is 4.90 Å². The van der Waals surface area contributed by atoms with Crippen LogP contribution in [0.3, 0.4) is 0 Å². The number of benzene rings is 1. The molecular formula is C18H21N3O3S. The molecule has 0 aliphatic carbocycles. The Bertz CT molecular complexity index is 882. The van der Waals surface area contributed by atoms with E-state index in [1.165, 1.54) is 6.92 Å². The maximum Gasteiger partial charge on any atom is 0.241 e. The van der Waals surface area contributed by atoms with Crippen molar-refractivity contribution < 1.29 is 13.2 Å². The average molecular weight is 359 g/mol.